The van der Waals surface area contributed by atoms with Crippen LogP contribution in [0.5, 0.6) is 0 Å². The van der Waals surface area contributed by atoms with Crippen molar-refractivity contribution in [3.05, 3.63) is 0 Å². The highest BCUT2D eigenvalue weighted by Crippen LogP contribution is 1.77. The van der Waals surface area contributed by atoms with Gasteiger partial charge in [-0.3, -0.25) is 10.1 Å². The molecule has 11 heavy (non-hydrogen) atoms. The van der Waals surface area contributed by atoms with Gasteiger partial charge in [0.15, 0.2) is 0 Å². The lowest BCUT2D eigenvalue weighted by molar-refractivity contribution is -0.127. The van der Waals surface area contributed by atoms with E-state index in [1.54, 1.807) is 6.92 Å². The van der Waals surface area contributed by atoms with Gasteiger partial charge in [0, 0.05) is 6.54 Å². The minimum Gasteiger partial charge on any atom is -0.384 e. The number of urea groups is 1. The van der Waals surface area contributed by atoms with Gasteiger partial charge in [-0.2, -0.15) is 0 Å². The van der Waals surface area contributed by atoms with E-state index in [4.69, 9.17) is 5.11 Å². The first kappa shape index (κ1) is 9.90. The van der Waals surface area contributed by atoms with Crippen LogP contribution < -0.4 is 10.6 Å². The second-order valence-electron chi connectivity index (χ2n) is 2.02. The molecule has 0 aliphatic carbocycles. The molecular weight excluding hydrogens is 148 g/mol. The second-order valence-corrected chi connectivity index (χ2v) is 2.02. The highest BCUT2D eigenvalue weighted by atomic mass is 16.3. The Morgan fingerprint density at radius 1 is 1.55 bits per heavy atom. The summed E-state index contributed by atoms with van der Waals surface area (Å²) in [5, 5.41) is 12.9. The molecule has 0 rings (SSSR count). The van der Waals surface area contributed by atoms with Gasteiger partial charge in [0.25, 0.3) is 5.91 Å². The number of carbonyl (C=O) groups is 2. The van der Waals surface area contributed by atoms with Crippen molar-refractivity contribution in [2.75, 3.05) is 6.54 Å². The summed E-state index contributed by atoms with van der Waals surface area (Å²) >= 11 is 0. The minimum atomic E-state index is -1.15. The number of aliphatic hydroxyl groups excluding tert-OH is 1. The maximum absolute atomic E-state index is 10.6. The number of imide groups is 1. The SMILES string of the molecule is CCNC(=O)NC(=O)[C@H](C)O. The fourth-order valence-electron chi connectivity index (χ4n) is 0.421. The Labute approximate surface area is 64.8 Å². The van der Waals surface area contributed by atoms with Crippen molar-refractivity contribution in [1.82, 2.24) is 10.6 Å². The lowest BCUT2D eigenvalue weighted by atomic mass is 10.4. The van der Waals surface area contributed by atoms with Crippen LogP contribution in [-0.4, -0.2) is 29.7 Å². The molecule has 0 saturated heterocycles. The zero-order valence-electron chi connectivity index (χ0n) is 6.55. The fourth-order valence-corrected chi connectivity index (χ4v) is 0.421. The Morgan fingerprint density at radius 2 is 2.09 bits per heavy atom. The van der Waals surface area contributed by atoms with E-state index in [9.17, 15) is 9.59 Å². The van der Waals surface area contributed by atoms with Crippen molar-refractivity contribution in [3.8, 4) is 0 Å². The Morgan fingerprint density at radius 3 is 2.45 bits per heavy atom. The number of amides is 3. The van der Waals surface area contributed by atoms with E-state index in [1.807, 2.05) is 5.32 Å². The quantitative estimate of drug-likeness (QED) is 0.495. The van der Waals surface area contributed by atoms with E-state index in [-0.39, 0.29) is 0 Å². The molecule has 0 bridgehead atoms. The maximum Gasteiger partial charge on any atom is 0.321 e. The van der Waals surface area contributed by atoms with Gasteiger partial charge >= 0.3 is 6.03 Å². The van der Waals surface area contributed by atoms with Gasteiger partial charge in [-0.15, -0.1) is 0 Å². The monoisotopic (exact) mass is 160 g/mol. The number of carbonyl (C=O) groups excluding carboxylic acids is 2. The standard InChI is InChI=1S/C6H12N2O3/c1-3-7-6(11)8-5(10)4(2)9/h4,9H,3H2,1-2H3,(H2,7,8,10,11)/t4-/m0/s1. The summed E-state index contributed by atoms with van der Waals surface area (Å²) in [6, 6.07) is -0.585. The van der Waals surface area contributed by atoms with Gasteiger partial charge in [-0.1, -0.05) is 0 Å². The van der Waals surface area contributed by atoms with Crippen molar-refractivity contribution in [1.29, 1.82) is 0 Å². The molecule has 0 radical (unpaired) electrons. The van der Waals surface area contributed by atoms with E-state index < -0.39 is 18.0 Å². The molecule has 0 heterocycles. The first-order valence-electron chi connectivity index (χ1n) is 3.34. The summed E-state index contributed by atoms with van der Waals surface area (Å²) in [5.41, 5.74) is 0. The summed E-state index contributed by atoms with van der Waals surface area (Å²) in [7, 11) is 0. The van der Waals surface area contributed by atoms with Crippen molar-refractivity contribution in [2.24, 2.45) is 0 Å². The molecule has 64 valence electrons. The van der Waals surface area contributed by atoms with Crippen LogP contribution in [-0.2, 0) is 4.79 Å². The van der Waals surface area contributed by atoms with Gasteiger partial charge < -0.3 is 10.4 Å². The molecule has 1 atom stereocenters. The molecule has 0 aromatic heterocycles. The third kappa shape index (κ3) is 4.32. The smallest absolute Gasteiger partial charge is 0.321 e. The zero-order chi connectivity index (χ0) is 8.85. The van der Waals surface area contributed by atoms with E-state index >= 15 is 0 Å². The summed E-state index contributed by atoms with van der Waals surface area (Å²) in [6.45, 7) is 3.46. The molecule has 5 heteroatoms. The number of hydrogen-bond donors (Lipinski definition) is 3. The lowest BCUT2D eigenvalue weighted by Gasteiger charge is -2.05. The predicted octanol–water partition coefficient (Wildman–Crippen LogP) is -0.787. The molecule has 0 aliphatic heterocycles. The molecule has 5 nitrogen and oxygen atoms in total. The third-order valence-corrected chi connectivity index (χ3v) is 0.954. The Hall–Kier alpha value is -1.10. The van der Waals surface area contributed by atoms with E-state index in [0.29, 0.717) is 6.54 Å². The molecule has 0 aliphatic rings. The van der Waals surface area contributed by atoms with Gasteiger partial charge in [0.1, 0.15) is 6.10 Å². The van der Waals surface area contributed by atoms with Crippen LogP contribution >= 0.6 is 0 Å². The largest absolute Gasteiger partial charge is 0.384 e. The molecule has 0 unspecified atom stereocenters. The van der Waals surface area contributed by atoms with E-state index in [1.165, 1.54) is 6.92 Å². The van der Waals surface area contributed by atoms with Crippen LogP contribution in [0.3, 0.4) is 0 Å². The third-order valence-electron chi connectivity index (χ3n) is 0.954. The minimum absolute atomic E-state index is 0.443. The predicted molar refractivity (Wildman–Crippen MR) is 38.9 cm³/mol. The van der Waals surface area contributed by atoms with Gasteiger partial charge in [-0.25, -0.2) is 4.79 Å². The van der Waals surface area contributed by atoms with Crippen LogP contribution in [0.2, 0.25) is 0 Å². The highest BCUT2D eigenvalue weighted by molar-refractivity contribution is 5.96. The molecule has 0 fully saturated rings. The van der Waals surface area contributed by atoms with Crippen LogP contribution in [0.4, 0.5) is 4.79 Å². The van der Waals surface area contributed by atoms with Crippen LogP contribution in [0.25, 0.3) is 0 Å². The van der Waals surface area contributed by atoms with E-state index in [0.717, 1.165) is 0 Å². The lowest BCUT2D eigenvalue weighted by Crippen LogP contribution is -2.43. The van der Waals surface area contributed by atoms with Crippen LogP contribution in [0.1, 0.15) is 13.8 Å². The average molecular weight is 160 g/mol. The molecule has 0 spiro atoms. The first-order chi connectivity index (χ1) is 5.07. The average Bonchev–Trinajstić information content (AvgIpc) is 1.87. The highest BCUT2D eigenvalue weighted by Gasteiger charge is 2.10. The van der Waals surface area contributed by atoms with Crippen molar-refractivity contribution < 1.29 is 14.7 Å². The molecule has 0 saturated carbocycles. The van der Waals surface area contributed by atoms with E-state index in [2.05, 4.69) is 5.32 Å². The first-order valence-corrected chi connectivity index (χ1v) is 3.34. The zero-order valence-corrected chi connectivity index (χ0v) is 6.55. The molecule has 3 amide bonds. The van der Waals surface area contributed by atoms with Crippen LogP contribution in [0.15, 0.2) is 0 Å². The van der Waals surface area contributed by atoms with Crippen molar-refractivity contribution in [2.45, 2.75) is 20.0 Å². The fraction of sp³-hybridized carbons (Fsp3) is 0.667. The van der Waals surface area contributed by atoms with Crippen LogP contribution in [0, 0.1) is 0 Å². The molecule has 3 N–H and O–H groups in total. The Balaban J connectivity index is 3.67. The van der Waals surface area contributed by atoms with Crippen molar-refractivity contribution >= 4 is 11.9 Å². The molecule has 0 aromatic carbocycles. The number of aliphatic hydroxyl groups is 1. The summed E-state index contributed by atoms with van der Waals surface area (Å²) in [5.74, 6) is -0.698. The summed E-state index contributed by atoms with van der Waals surface area (Å²) in [6.07, 6.45) is -1.15. The van der Waals surface area contributed by atoms with Crippen molar-refractivity contribution in [3.63, 3.8) is 0 Å². The van der Waals surface area contributed by atoms with Gasteiger partial charge in [-0.05, 0) is 13.8 Å². The topological polar surface area (TPSA) is 78.4 Å². The molecular formula is C6H12N2O3. The van der Waals surface area contributed by atoms with Gasteiger partial charge in [0.05, 0.1) is 0 Å². The molecule has 0 aromatic rings. The number of rotatable bonds is 2. The second kappa shape index (κ2) is 4.68. The normalized spacial score (nSPS) is 11.9. The Kier molecular flexibility index (Phi) is 4.21. The maximum atomic E-state index is 10.6. The number of nitrogens with one attached hydrogen (secondary N) is 2. The van der Waals surface area contributed by atoms with Gasteiger partial charge in [0.2, 0.25) is 0 Å². The summed E-state index contributed by atoms with van der Waals surface area (Å²) < 4.78 is 0. The Bertz CT molecular complexity index is 156. The number of hydrogen-bond acceptors (Lipinski definition) is 3. The summed E-state index contributed by atoms with van der Waals surface area (Å²) in [4.78, 5) is 21.2.